The molecular weight excluding hydrogens is 486 g/mol. The molecule has 1 aliphatic carbocycles. The maximum Gasteiger partial charge on any atom is 0.141 e. The summed E-state index contributed by atoms with van der Waals surface area (Å²) in [6.07, 6.45) is 6.20. The van der Waals surface area contributed by atoms with Crippen LogP contribution in [0.1, 0.15) is 30.9 Å². The molecule has 5 heterocycles. The van der Waals surface area contributed by atoms with E-state index >= 15 is 0 Å². The number of rotatable bonds is 10. The van der Waals surface area contributed by atoms with Gasteiger partial charge in [0.2, 0.25) is 0 Å². The van der Waals surface area contributed by atoms with Gasteiger partial charge in [-0.3, -0.25) is 14.9 Å². The number of nitrogens with two attached hydrogens (primary N) is 1. The second kappa shape index (κ2) is 10.5. The lowest BCUT2D eigenvalue weighted by atomic mass is 9.68. The third-order valence-electron chi connectivity index (χ3n) is 8.40. The lowest BCUT2D eigenvalue weighted by molar-refractivity contribution is -0.113. The summed E-state index contributed by atoms with van der Waals surface area (Å²) in [5.41, 5.74) is 3.94. The van der Waals surface area contributed by atoms with Gasteiger partial charge < -0.3 is 29.5 Å². The quantitative estimate of drug-likeness (QED) is 0.218. The van der Waals surface area contributed by atoms with Gasteiger partial charge in [0.25, 0.3) is 0 Å². The van der Waals surface area contributed by atoms with Crippen LogP contribution in [-0.2, 0) is 32.0 Å². The van der Waals surface area contributed by atoms with Crippen LogP contribution in [0.15, 0.2) is 34.5 Å². The van der Waals surface area contributed by atoms with Gasteiger partial charge in [-0.15, -0.1) is 0 Å². The van der Waals surface area contributed by atoms with Crippen molar-refractivity contribution >= 4 is 22.8 Å². The van der Waals surface area contributed by atoms with Gasteiger partial charge >= 0.3 is 0 Å². The monoisotopic (exact) mass is 523 g/mol. The lowest BCUT2D eigenvalue weighted by Crippen LogP contribution is -2.61. The predicted octanol–water partition coefficient (Wildman–Crippen LogP) is 2.11. The molecule has 2 N–H and O–H groups in total. The second-order valence-electron chi connectivity index (χ2n) is 11.0. The van der Waals surface area contributed by atoms with Crippen LogP contribution < -0.4 is 10.6 Å². The van der Waals surface area contributed by atoms with Crippen LogP contribution in [0.3, 0.4) is 0 Å². The minimum Gasteiger partial charge on any atom is -0.484 e. The van der Waals surface area contributed by atoms with Gasteiger partial charge in [-0.25, -0.2) is 0 Å². The summed E-state index contributed by atoms with van der Waals surface area (Å²) in [7, 11) is 1.69. The van der Waals surface area contributed by atoms with E-state index in [1.54, 1.807) is 7.11 Å². The lowest BCUT2D eigenvalue weighted by Gasteiger charge is -2.50. The van der Waals surface area contributed by atoms with Crippen molar-refractivity contribution in [3.05, 3.63) is 35.5 Å². The molecule has 4 fully saturated rings. The van der Waals surface area contributed by atoms with Crippen molar-refractivity contribution in [1.29, 1.82) is 0 Å². The van der Waals surface area contributed by atoms with Gasteiger partial charge in [-0.2, -0.15) is 5.10 Å². The average molecular weight is 524 g/mol. The van der Waals surface area contributed by atoms with Crippen LogP contribution in [0.25, 0.3) is 10.9 Å². The van der Waals surface area contributed by atoms with Gasteiger partial charge in [0, 0.05) is 37.0 Å². The highest BCUT2D eigenvalue weighted by Crippen LogP contribution is 2.57. The highest BCUT2D eigenvalue weighted by Gasteiger charge is 2.68. The highest BCUT2D eigenvalue weighted by atomic mass is 16.5. The maximum absolute atomic E-state index is 6.28. The summed E-state index contributed by atoms with van der Waals surface area (Å²) in [6, 6.07) is 6.25. The molecule has 10 nitrogen and oxygen atoms in total. The van der Waals surface area contributed by atoms with Gasteiger partial charge in [-0.1, -0.05) is 0 Å². The van der Waals surface area contributed by atoms with E-state index in [4.69, 9.17) is 34.5 Å². The molecule has 1 saturated carbocycles. The summed E-state index contributed by atoms with van der Waals surface area (Å²) in [5.74, 6) is 6.56. The Kier molecular flexibility index (Phi) is 7.09. The third kappa shape index (κ3) is 4.69. The molecule has 10 heteroatoms. The number of methoxy groups -OCH3 is 1. The largest absolute Gasteiger partial charge is 0.484 e. The molecular formula is C28H37N5O5. The van der Waals surface area contributed by atoms with Crippen molar-refractivity contribution in [1.82, 2.24) is 9.88 Å². The summed E-state index contributed by atoms with van der Waals surface area (Å²) in [5, 5.41) is 5.14. The molecule has 1 aromatic carbocycles. The molecule has 7 rings (SSSR count). The molecule has 1 aromatic heterocycles. The number of morpholine rings is 1. The topological polar surface area (TPSA) is 113 Å². The van der Waals surface area contributed by atoms with E-state index in [-0.39, 0.29) is 23.2 Å². The molecule has 2 atom stereocenters. The number of ether oxygens (including phenoxy) is 5. The molecule has 204 valence electrons. The van der Waals surface area contributed by atoms with E-state index in [1.165, 1.54) is 5.56 Å². The highest BCUT2D eigenvalue weighted by molar-refractivity contribution is 6.32. The van der Waals surface area contributed by atoms with Gasteiger partial charge in [0.1, 0.15) is 17.6 Å². The number of aliphatic imine (C=N–C) groups is 1. The zero-order chi connectivity index (χ0) is 26.2. The maximum atomic E-state index is 6.28. The Morgan fingerprint density at radius 2 is 2.21 bits per heavy atom. The molecule has 1 spiro atoms. The van der Waals surface area contributed by atoms with Crippen molar-refractivity contribution in [3.63, 3.8) is 0 Å². The first-order valence-electron chi connectivity index (χ1n) is 13.4. The number of hydrogen-bond donors (Lipinski definition) is 1. The second-order valence-corrected chi connectivity index (χ2v) is 11.0. The number of hydrogen-bond acceptors (Lipinski definition) is 10. The molecule has 4 aliphatic heterocycles. The van der Waals surface area contributed by atoms with Crippen molar-refractivity contribution < 1.29 is 23.7 Å². The number of nitrogens with zero attached hydrogens (tertiary/aromatic N) is 4. The smallest absolute Gasteiger partial charge is 0.141 e. The van der Waals surface area contributed by atoms with E-state index in [0.29, 0.717) is 38.7 Å². The first-order valence-corrected chi connectivity index (χ1v) is 13.4. The first-order chi connectivity index (χ1) is 18.5. The number of pyridine rings is 1. The Labute approximate surface area is 223 Å². The molecule has 2 aromatic rings. The number of hydrazone groups is 1. The van der Waals surface area contributed by atoms with Crippen LogP contribution in [-0.4, -0.2) is 98.3 Å². The van der Waals surface area contributed by atoms with Crippen molar-refractivity contribution in [2.24, 2.45) is 15.9 Å². The molecule has 2 bridgehead atoms. The van der Waals surface area contributed by atoms with Gasteiger partial charge in [0.05, 0.1) is 63.3 Å². The Morgan fingerprint density at radius 1 is 1.32 bits per heavy atom. The van der Waals surface area contributed by atoms with E-state index in [2.05, 4.69) is 21.1 Å². The van der Waals surface area contributed by atoms with E-state index in [0.717, 1.165) is 61.2 Å². The Balaban J connectivity index is 1.11. The fourth-order valence-corrected chi connectivity index (χ4v) is 6.61. The van der Waals surface area contributed by atoms with Crippen molar-refractivity contribution in [2.75, 3.05) is 53.3 Å². The molecule has 5 aliphatic rings. The summed E-state index contributed by atoms with van der Waals surface area (Å²) >= 11 is 0. The minimum atomic E-state index is -0.350. The fraction of sp³-hybridized carbons (Fsp3) is 0.607. The standard InChI is InChI=1S/C28H37N5O5/c1-19(38-22-3-4-25-24(9-22)23-5-6-35-12-20(23)10-30-25)26(32-29)11-31-27-15-28(16-27)18-37-14-21(33(28)17-27)13-36-8-7-34-2/h3-4,9-11,19,21H,5-8,12-18,29H2,1-2H3/b31-11?,32-26+. The number of benzene rings is 1. The Bertz CT molecular complexity index is 1230. The average Bonchev–Trinajstić information content (AvgIpc) is 3.43. The Hall–Kier alpha value is -2.63. The first kappa shape index (κ1) is 25.6. The number of fused-ring (bicyclic) bond motifs is 3. The van der Waals surface area contributed by atoms with Crippen LogP contribution in [0.2, 0.25) is 0 Å². The summed E-state index contributed by atoms with van der Waals surface area (Å²) < 4.78 is 28.8. The van der Waals surface area contributed by atoms with Crippen molar-refractivity contribution in [3.8, 4) is 5.75 Å². The van der Waals surface area contributed by atoms with Crippen LogP contribution in [0, 0.1) is 0 Å². The van der Waals surface area contributed by atoms with Crippen LogP contribution in [0.4, 0.5) is 0 Å². The minimum absolute atomic E-state index is 0.0658. The van der Waals surface area contributed by atoms with Gasteiger partial charge in [0.15, 0.2) is 0 Å². The Morgan fingerprint density at radius 3 is 3.05 bits per heavy atom. The summed E-state index contributed by atoms with van der Waals surface area (Å²) in [6.45, 7) is 7.45. The zero-order valence-electron chi connectivity index (χ0n) is 22.2. The molecule has 3 saturated heterocycles. The predicted molar refractivity (Wildman–Crippen MR) is 144 cm³/mol. The third-order valence-corrected chi connectivity index (χ3v) is 8.40. The molecule has 2 unspecified atom stereocenters. The summed E-state index contributed by atoms with van der Waals surface area (Å²) in [4.78, 5) is 12.2. The van der Waals surface area contributed by atoms with E-state index < -0.39 is 0 Å². The fourth-order valence-electron chi connectivity index (χ4n) is 6.61. The molecule has 0 amide bonds. The molecule has 38 heavy (non-hydrogen) atoms. The normalized spacial score (nSPS) is 29.7. The van der Waals surface area contributed by atoms with Crippen LogP contribution >= 0.6 is 0 Å². The van der Waals surface area contributed by atoms with E-state index in [1.807, 2.05) is 31.5 Å². The number of aromatic nitrogens is 1. The zero-order valence-corrected chi connectivity index (χ0v) is 22.2. The van der Waals surface area contributed by atoms with Crippen LogP contribution in [0.5, 0.6) is 5.75 Å². The van der Waals surface area contributed by atoms with Crippen molar-refractivity contribution in [2.45, 2.75) is 56.0 Å². The van der Waals surface area contributed by atoms with E-state index in [9.17, 15) is 0 Å². The molecule has 0 radical (unpaired) electrons. The van der Waals surface area contributed by atoms with Gasteiger partial charge in [-0.05, 0) is 55.5 Å². The SMILES string of the molecule is COCCOCC1COCC23CC(N=C/C(=N\N)C(C)Oc4ccc5ncc6c(c5c4)CCOC6)(CN12)C3.